The third kappa shape index (κ3) is 3.34. The predicted octanol–water partition coefficient (Wildman–Crippen LogP) is 1.78. The molecule has 1 aliphatic rings. The fourth-order valence-electron chi connectivity index (χ4n) is 2.79. The van der Waals surface area contributed by atoms with E-state index in [0.717, 1.165) is 19.4 Å². The van der Waals surface area contributed by atoms with Crippen molar-refractivity contribution in [3.63, 3.8) is 0 Å². The normalized spacial score (nSPS) is 17.4. The van der Waals surface area contributed by atoms with Gasteiger partial charge in [0.1, 0.15) is 11.9 Å². The SMILES string of the molecule is Cn1ccnc(N2CCC[C@@H](Nc3ncc(C#N)cc3Cl)C2)c1=O. The molecule has 1 aliphatic heterocycles. The number of hydrogen-bond donors (Lipinski definition) is 1. The number of aryl methyl sites for hydroxylation is 1. The van der Waals surface area contributed by atoms with Crippen LogP contribution < -0.4 is 15.8 Å². The zero-order valence-electron chi connectivity index (χ0n) is 13.2. The van der Waals surface area contributed by atoms with Crippen LogP contribution in [0.5, 0.6) is 0 Å². The van der Waals surface area contributed by atoms with E-state index in [2.05, 4.69) is 15.3 Å². The highest BCUT2D eigenvalue weighted by atomic mass is 35.5. The fraction of sp³-hybridized carbons (Fsp3) is 0.375. The minimum absolute atomic E-state index is 0.100. The van der Waals surface area contributed by atoms with Gasteiger partial charge in [-0.2, -0.15) is 5.26 Å². The molecule has 0 amide bonds. The van der Waals surface area contributed by atoms with Crippen molar-refractivity contribution < 1.29 is 0 Å². The molecule has 8 heteroatoms. The van der Waals surface area contributed by atoms with Crippen LogP contribution in [0.25, 0.3) is 0 Å². The van der Waals surface area contributed by atoms with E-state index in [0.29, 0.717) is 28.8 Å². The van der Waals surface area contributed by atoms with Gasteiger partial charge in [-0.25, -0.2) is 9.97 Å². The molecule has 1 N–H and O–H groups in total. The van der Waals surface area contributed by atoms with Gasteiger partial charge >= 0.3 is 0 Å². The van der Waals surface area contributed by atoms with Gasteiger partial charge < -0.3 is 14.8 Å². The van der Waals surface area contributed by atoms with Crippen LogP contribution in [-0.4, -0.2) is 33.7 Å². The van der Waals surface area contributed by atoms with Gasteiger partial charge in [0.15, 0.2) is 5.82 Å². The molecule has 124 valence electrons. The number of halogens is 1. The van der Waals surface area contributed by atoms with Crippen molar-refractivity contribution in [3.8, 4) is 6.07 Å². The predicted molar refractivity (Wildman–Crippen MR) is 92.3 cm³/mol. The van der Waals surface area contributed by atoms with Gasteiger partial charge in [-0.05, 0) is 18.9 Å². The first-order chi connectivity index (χ1) is 11.6. The van der Waals surface area contributed by atoms with Crippen LogP contribution in [0.3, 0.4) is 0 Å². The van der Waals surface area contributed by atoms with Crippen LogP contribution in [0.15, 0.2) is 29.5 Å². The van der Waals surface area contributed by atoms with Gasteiger partial charge in [-0.3, -0.25) is 4.79 Å². The molecule has 3 heterocycles. The minimum Gasteiger partial charge on any atom is -0.364 e. The summed E-state index contributed by atoms with van der Waals surface area (Å²) in [6.07, 6.45) is 6.65. The summed E-state index contributed by atoms with van der Waals surface area (Å²) in [4.78, 5) is 22.7. The van der Waals surface area contributed by atoms with Crippen LogP contribution in [0, 0.1) is 11.3 Å². The first-order valence-electron chi connectivity index (χ1n) is 7.67. The van der Waals surface area contributed by atoms with Crippen molar-refractivity contribution in [1.82, 2.24) is 14.5 Å². The lowest BCUT2D eigenvalue weighted by Crippen LogP contribution is -2.45. The molecule has 2 aromatic heterocycles. The summed E-state index contributed by atoms with van der Waals surface area (Å²) in [5.41, 5.74) is 0.320. The molecule has 0 radical (unpaired) electrons. The van der Waals surface area contributed by atoms with Crippen LogP contribution in [0.1, 0.15) is 18.4 Å². The largest absolute Gasteiger partial charge is 0.364 e. The molecule has 0 bridgehead atoms. The third-order valence-electron chi connectivity index (χ3n) is 4.03. The lowest BCUT2D eigenvalue weighted by molar-refractivity contribution is 0.522. The van der Waals surface area contributed by atoms with Crippen LogP contribution in [-0.2, 0) is 7.05 Å². The van der Waals surface area contributed by atoms with E-state index >= 15 is 0 Å². The molecular formula is C16H17ClN6O. The monoisotopic (exact) mass is 344 g/mol. The van der Waals surface area contributed by atoms with Crippen molar-refractivity contribution in [3.05, 3.63) is 45.6 Å². The van der Waals surface area contributed by atoms with E-state index in [1.807, 2.05) is 11.0 Å². The summed E-state index contributed by atoms with van der Waals surface area (Å²) in [7, 11) is 1.72. The maximum atomic E-state index is 12.2. The molecule has 0 saturated carbocycles. The average Bonchev–Trinajstić information content (AvgIpc) is 2.59. The number of piperidine rings is 1. The van der Waals surface area contributed by atoms with Gasteiger partial charge in [0.25, 0.3) is 5.56 Å². The topological polar surface area (TPSA) is 86.8 Å². The number of rotatable bonds is 3. The molecule has 1 atom stereocenters. The van der Waals surface area contributed by atoms with Crippen LogP contribution >= 0.6 is 11.6 Å². The molecule has 0 unspecified atom stereocenters. The summed E-state index contributed by atoms with van der Waals surface area (Å²) in [6, 6.07) is 3.70. The molecule has 24 heavy (non-hydrogen) atoms. The van der Waals surface area contributed by atoms with Gasteiger partial charge in [0.2, 0.25) is 0 Å². The highest BCUT2D eigenvalue weighted by Crippen LogP contribution is 2.23. The van der Waals surface area contributed by atoms with Crippen LogP contribution in [0.2, 0.25) is 5.02 Å². The Hall–Kier alpha value is -2.59. The summed E-state index contributed by atoms with van der Waals surface area (Å²) < 4.78 is 1.53. The van der Waals surface area contributed by atoms with E-state index in [1.54, 1.807) is 25.5 Å². The summed E-state index contributed by atoms with van der Waals surface area (Å²) in [5.74, 6) is 1.02. The van der Waals surface area contributed by atoms with Crippen molar-refractivity contribution in [2.45, 2.75) is 18.9 Å². The molecule has 0 spiro atoms. The highest BCUT2D eigenvalue weighted by molar-refractivity contribution is 6.33. The Labute approximate surface area is 144 Å². The Balaban J connectivity index is 1.76. The Morgan fingerprint density at radius 1 is 1.46 bits per heavy atom. The number of pyridine rings is 1. The second-order valence-corrected chi connectivity index (χ2v) is 6.17. The fourth-order valence-corrected chi connectivity index (χ4v) is 3.01. The van der Waals surface area contributed by atoms with Gasteiger partial charge in [0.05, 0.1) is 10.6 Å². The number of nitrogens with zero attached hydrogens (tertiary/aromatic N) is 5. The third-order valence-corrected chi connectivity index (χ3v) is 4.32. The lowest BCUT2D eigenvalue weighted by Gasteiger charge is -2.33. The average molecular weight is 345 g/mol. The molecule has 0 aliphatic carbocycles. The molecule has 7 nitrogen and oxygen atoms in total. The lowest BCUT2D eigenvalue weighted by atomic mass is 10.1. The summed E-state index contributed by atoms with van der Waals surface area (Å²) in [5, 5.41) is 12.6. The molecule has 1 fully saturated rings. The molecule has 2 aromatic rings. The zero-order chi connectivity index (χ0) is 17.1. The van der Waals surface area contributed by atoms with E-state index in [9.17, 15) is 4.79 Å². The summed E-state index contributed by atoms with van der Waals surface area (Å²) >= 11 is 6.17. The second kappa shape index (κ2) is 6.89. The highest BCUT2D eigenvalue weighted by Gasteiger charge is 2.23. The van der Waals surface area contributed by atoms with E-state index in [4.69, 9.17) is 16.9 Å². The molecular weight excluding hydrogens is 328 g/mol. The maximum absolute atomic E-state index is 12.2. The molecule has 0 aromatic carbocycles. The van der Waals surface area contributed by atoms with E-state index < -0.39 is 0 Å². The number of aromatic nitrogens is 3. The smallest absolute Gasteiger partial charge is 0.293 e. The minimum atomic E-state index is -0.104. The Kier molecular flexibility index (Phi) is 4.67. The summed E-state index contributed by atoms with van der Waals surface area (Å²) in [6.45, 7) is 1.43. The zero-order valence-corrected chi connectivity index (χ0v) is 14.0. The van der Waals surface area contributed by atoms with Crippen molar-refractivity contribution in [2.24, 2.45) is 7.05 Å². The molecule has 1 saturated heterocycles. The Bertz CT molecular complexity index is 843. The number of nitriles is 1. The van der Waals surface area contributed by atoms with Gasteiger partial charge in [0, 0.05) is 44.8 Å². The number of hydrogen-bond acceptors (Lipinski definition) is 6. The maximum Gasteiger partial charge on any atom is 0.293 e. The van der Waals surface area contributed by atoms with Crippen molar-refractivity contribution in [2.75, 3.05) is 23.3 Å². The first-order valence-corrected chi connectivity index (χ1v) is 8.05. The van der Waals surface area contributed by atoms with Crippen LogP contribution in [0.4, 0.5) is 11.6 Å². The Morgan fingerprint density at radius 2 is 2.29 bits per heavy atom. The Morgan fingerprint density at radius 3 is 3.04 bits per heavy atom. The number of anilines is 2. The standard InChI is InChI=1S/C16H17ClN6O/c1-22-6-4-19-15(16(22)24)23-5-2-3-12(10-23)21-14-13(17)7-11(8-18)9-20-14/h4,6-7,9,12H,2-3,5,10H2,1H3,(H,20,21)/t12-/m1/s1. The van der Waals surface area contributed by atoms with E-state index in [1.165, 1.54) is 10.8 Å². The number of nitrogens with one attached hydrogen (secondary N) is 1. The molecule has 3 rings (SSSR count). The van der Waals surface area contributed by atoms with E-state index in [-0.39, 0.29) is 11.6 Å². The van der Waals surface area contributed by atoms with Gasteiger partial charge in [-0.15, -0.1) is 0 Å². The van der Waals surface area contributed by atoms with Crippen molar-refractivity contribution >= 4 is 23.2 Å². The first kappa shape index (κ1) is 16.3. The second-order valence-electron chi connectivity index (χ2n) is 5.76. The van der Waals surface area contributed by atoms with Gasteiger partial charge in [-0.1, -0.05) is 11.6 Å². The quantitative estimate of drug-likeness (QED) is 0.913. The van der Waals surface area contributed by atoms with Crippen molar-refractivity contribution in [1.29, 1.82) is 5.26 Å².